The van der Waals surface area contributed by atoms with Crippen LogP contribution in [0, 0.1) is 0 Å². The summed E-state index contributed by atoms with van der Waals surface area (Å²) in [6, 6.07) is 10.3. The van der Waals surface area contributed by atoms with Crippen LogP contribution in [-0.2, 0) is 14.8 Å². The van der Waals surface area contributed by atoms with Crippen LogP contribution in [0.2, 0.25) is 10.0 Å². The van der Waals surface area contributed by atoms with Crippen LogP contribution in [0.3, 0.4) is 0 Å². The molecule has 0 radical (unpaired) electrons. The Labute approximate surface area is 161 Å². The van der Waals surface area contributed by atoms with Gasteiger partial charge in [-0.15, -0.1) is 0 Å². The molecule has 0 spiro atoms. The van der Waals surface area contributed by atoms with E-state index in [2.05, 4.69) is 0 Å². The van der Waals surface area contributed by atoms with Crippen LogP contribution in [0.25, 0.3) is 0 Å². The molecule has 26 heavy (non-hydrogen) atoms. The van der Waals surface area contributed by atoms with Crippen molar-refractivity contribution in [1.29, 1.82) is 0 Å². The van der Waals surface area contributed by atoms with Gasteiger partial charge in [-0.3, -0.25) is 14.5 Å². The molecule has 0 aliphatic heterocycles. The zero-order chi connectivity index (χ0) is 19.3. The van der Waals surface area contributed by atoms with E-state index in [0.717, 1.165) is 4.31 Å². The van der Waals surface area contributed by atoms with Gasteiger partial charge in [-0.1, -0.05) is 23.2 Å². The van der Waals surface area contributed by atoms with E-state index in [9.17, 15) is 13.2 Å². The smallest absolute Gasteiger partial charge is 0.266 e. The lowest BCUT2D eigenvalue weighted by Crippen LogP contribution is -2.43. The molecule has 0 heterocycles. The highest BCUT2D eigenvalue weighted by Gasteiger charge is 2.29. The van der Waals surface area contributed by atoms with Crippen LogP contribution in [0.15, 0.2) is 47.4 Å². The van der Waals surface area contributed by atoms with Crippen molar-refractivity contribution in [3.05, 3.63) is 52.5 Å². The van der Waals surface area contributed by atoms with E-state index in [1.54, 1.807) is 12.1 Å². The van der Waals surface area contributed by atoms with Gasteiger partial charge in [0.2, 0.25) is 0 Å². The first-order valence-electron chi connectivity index (χ1n) is 7.49. The second-order valence-electron chi connectivity index (χ2n) is 5.08. The molecule has 7 nitrogen and oxygen atoms in total. The number of nitrogens with one attached hydrogen (secondary N) is 1. The summed E-state index contributed by atoms with van der Waals surface area (Å²) >= 11 is 11.9. The average molecular weight is 418 g/mol. The van der Waals surface area contributed by atoms with E-state index in [-0.39, 0.29) is 20.6 Å². The van der Waals surface area contributed by atoms with E-state index < -0.39 is 22.5 Å². The van der Waals surface area contributed by atoms with Gasteiger partial charge in [0.1, 0.15) is 17.2 Å². The fourth-order valence-electron chi connectivity index (χ4n) is 2.16. The minimum absolute atomic E-state index is 0.0153. The molecule has 0 aliphatic carbocycles. The van der Waals surface area contributed by atoms with Crippen LogP contribution >= 0.6 is 23.2 Å². The largest absolute Gasteiger partial charge is 0.494 e. The number of hydrazine groups is 1. The van der Waals surface area contributed by atoms with Crippen molar-refractivity contribution < 1.29 is 17.9 Å². The molecule has 0 unspecified atom stereocenters. The zero-order valence-corrected chi connectivity index (χ0v) is 16.1. The van der Waals surface area contributed by atoms with Crippen LogP contribution in [0.5, 0.6) is 5.75 Å². The number of nitrogens with two attached hydrogens (primary N) is 1. The molecule has 3 N–H and O–H groups in total. The fraction of sp³-hybridized carbons (Fsp3) is 0.188. The number of nitrogens with zero attached hydrogens (tertiary/aromatic N) is 1. The third kappa shape index (κ3) is 4.59. The lowest BCUT2D eigenvalue weighted by molar-refractivity contribution is -0.119. The number of sulfonamides is 1. The lowest BCUT2D eigenvalue weighted by atomic mass is 10.3. The molecule has 0 fully saturated rings. The molecule has 1 amide bonds. The molecule has 2 aromatic rings. The lowest BCUT2D eigenvalue weighted by Gasteiger charge is -2.24. The number of amides is 1. The standard InChI is InChI=1S/C16H17Cl2N3O4S/c1-2-25-13-6-4-12(5-7-13)21(10-16(22)20-19)26(23,24)15-9-11(17)3-8-14(15)18/h3-9H,2,10,19H2,1H3,(H,20,22). The van der Waals surface area contributed by atoms with Crippen molar-refractivity contribution in [2.45, 2.75) is 11.8 Å². The molecule has 2 rings (SSSR count). The SMILES string of the molecule is CCOc1ccc(N(CC(=O)NN)S(=O)(=O)c2cc(Cl)ccc2Cl)cc1. The molecule has 0 aromatic heterocycles. The first kappa shape index (κ1) is 20.3. The Morgan fingerprint density at radius 2 is 1.85 bits per heavy atom. The molecular weight excluding hydrogens is 401 g/mol. The van der Waals surface area contributed by atoms with Crippen molar-refractivity contribution in [2.24, 2.45) is 5.84 Å². The molecule has 140 valence electrons. The molecule has 10 heteroatoms. The Balaban J connectivity index is 2.52. The number of carbonyl (C=O) groups excluding carboxylic acids is 1. The van der Waals surface area contributed by atoms with Gasteiger partial charge in [0.15, 0.2) is 0 Å². The quantitative estimate of drug-likeness (QED) is 0.409. The molecular formula is C16H17Cl2N3O4S. The minimum Gasteiger partial charge on any atom is -0.494 e. The number of ether oxygens (including phenoxy) is 1. The van der Waals surface area contributed by atoms with E-state index in [1.807, 2.05) is 12.3 Å². The second kappa shape index (κ2) is 8.59. The van der Waals surface area contributed by atoms with Gasteiger partial charge in [0.05, 0.1) is 17.3 Å². The van der Waals surface area contributed by atoms with Gasteiger partial charge in [-0.05, 0) is 49.4 Å². The normalized spacial score (nSPS) is 11.1. The number of carbonyl (C=O) groups is 1. The van der Waals surface area contributed by atoms with Crippen LogP contribution in [-0.4, -0.2) is 27.5 Å². The summed E-state index contributed by atoms with van der Waals surface area (Å²) in [5.41, 5.74) is 2.16. The Hall–Kier alpha value is -2.00. The van der Waals surface area contributed by atoms with Gasteiger partial charge >= 0.3 is 0 Å². The predicted octanol–water partition coefficient (Wildman–Crippen LogP) is 2.58. The molecule has 2 aromatic carbocycles. The first-order valence-corrected chi connectivity index (χ1v) is 9.69. The summed E-state index contributed by atoms with van der Waals surface area (Å²) in [6.45, 7) is 1.77. The fourth-order valence-corrected chi connectivity index (χ4v) is 4.32. The maximum atomic E-state index is 13.1. The van der Waals surface area contributed by atoms with Crippen LogP contribution < -0.4 is 20.3 Å². The topological polar surface area (TPSA) is 102 Å². The highest BCUT2D eigenvalue weighted by molar-refractivity contribution is 7.93. The summed E-state index contributed by atoms with van der Waals surface area (Å²) < 4.78 is 32.4. The summed E-state index contributed by atoms with van der Waals surface area (Å²) in [5, 5.41) is 0.182. The molecule has 0 aliphatic rings. The van der Waals surface area contributed by atoms with Gasteiger partial charge in [-0.25, -0.2) is 14.3 Å². The molecule has 0 saturated heterocycles. The summed E-state index contributed by atoms with van der Waals surface area (Å²) in [7, 11) is -4.18. The highest BCUT2D eigenvalue weighted by atomic mass is 35.5. The Morgan fingerprint density at radius 3 is 2.42 bits per heavy atom. The highest BCUT2D eigenvalue weighted by Crippen LogP contribution is 2.31. The van der Waals surface area contributed by atoms with Gasteiger partial charge in [0.25, 0.3) is 15.9 Å². The third-order valence-electron chi connectivity index (χ3n) is 3.35. The molecule has 0 bridgehead atoms. The zero-order valence-electron chi connectivity index (χ0n) is 13.8. The van der Waals surface area contributed by atoms with Crippen LogP contribution in [0.1, 0.15) is 6.92 Å². The van der Waals surface area contributed by atoms with Crippen molar-refractivity contribution in [2.75, 3.05) is 17.5 Å². The van der Waals surface area contributed by atoms with E-state index >= 15 is 0 Å². The molecule has 0 saturated carbocycles. The predicted molar refractivity (Wildman–Crippen MR) is 101 cm³/mol. The van der Waals surface area contributed by atoms with Gasteiger partial charge in [0, 0.05) is 5.02 Å². The number of halogens is 2. The number of benzene rings is 2. The Morgan fingerprint density at radius 1 is 1.19 bits per heavy atom. The number of anilines is 1. The number of hydrogen-bond acceptors (Lipinski definition) is 5. The van der Waals surface area contributed by atoms with E-state index in [0.29, 0.717) is 12.4 Å². The van der Waals surface area contributed by atoms with Crippen molar-refractivity contribution in [3.63, 3.8) is 0 Å². The summed E-state index contributed by atoms with van der Waals surface area (Å²) in [6.07, 6.45) is 0. The first-order chi connectivity index (χ1) is 12.3. The minimum atomic E-state index is -4.18. The maximum Gasteiger partial charge on any atom is 0.266 e. The van der Waals surface area contributed by atoms with Crippen molar-refractivity contribution in [1.82, 2.24) is 5.43 Å². The Kier molecular flexibility index (Phi) is 6.71. The van der Waals surface area contributed by atoms with Crippen LogP contribution in [0.4, 0.5) is 5.69 Å². The monoisotopic (exact) mass is 417 g/mol. The number of rotatable bonds is 7. The maximum absolute atomic E-state index is 13.1. The van der Waals surface area contributed by atoms with E-state index in [4.69, 9.17) is 33.8 Å². The second-order valence-corrected chi connectivity index (χ2v) is 7.76. The van der Waals surface area contributed by atoms with Crippen molar-refractivity contribution in [3.8, 4) is 5.75 Å². The molecule has 0 atom stereocenters. The van der Waals surface area contributed by atoms with Gasteiger partial charge in [-0.2, -0.15) is 0 Å². The Bertz CT molecular complexity index is 889. The number of hydrogen-bond donors (Lipinski definition) is 2. The van der Waals surface area contributed by atoms with E-state index in [1.165, 1.54) is 30.3 Å². The summed E-state index contributed by atoms with van der Waals surface area (Å²) in [4.78, 5) is 11.6. The third-order valence-corrected chi connectivity index (χ3v) is 5.84. The van der Waals surface area contributed by atoms with Crippen molar-refractivity contribution >= 4 is 44.8 Å². The van der Waals surface area contributed by atoms with Gasteiger partial charge < -0.3 is 4.74 Å². The summed E-state index contributed by atoms with van der Waals surface area (Å²) in [5.74, 6) is 4.98. The average Bonchev–Trinajstić information content (AvgIpc) is 2.62.